The summed E-state index contributed by atoms with van der Waals surface area (Å²) in [5.74, 6) is 1.06. The van der Waals surface area contributed by atoms with Crippen LogP contribution in [-0.4, -0.2) is 28.5 Å². The van der Waals surface area contributed by atoms with Gasteiger partial charge in [0.15, 0.2) is 0 Å². The number of hydrogen-bond donors (Lipinski definition) is 1. The molecule has 0 saturated heterocycles. The fourth-order valence-electron chi connectivity index (χ4n) is 1.81. The second-order valence-corrected chi connectivity index (χ2v) is 4.61. The van der Waals surface area contributed by atoms with Gasteiger partial charge in [0.05, 0.1) is 18.9 Å². The van der Waals surface area contributed by atoms with E-state index in [0.29, 0.717) is 22.9 Å². The molecule has 1 unspecified atom stereocenters. The van der Waals surface area contributed by atoms with Gasteiger partial charge >= 0.3 is 0 Å². The van der Waals surface area contributed by atoms with Gasteiger partial charge in [-0.3, -0.25) is 0 Å². The van der Waals surface area contributed by atoms with Crippen LogP contribution < -0.4 is 9.47 Å². The molecule has 1 atom stereocenters. The van der Waals surface area contributed by atoms with Crippen LogP contribution in [0.4, 0.5) is 0 Å². The number of hydrogen-bond acceptors (Lipinski definition) is 5. The molecule has 0 bridgehead atoms. The highest BCUT2D eigenvalue weighted by Crippen LogP contribution is 2.29. The first-order chi connectivity index (χ1) is 9.61. The van der Waals surface area contributed by atoms with Gasteiger partial charge < -0.3 is 14.6 Å². The van der Waals surface area contributed by atoms with Crippen LogP contribution in [0.5, 0.6) is 11.6 Å². The number of aliphatic hydroxyl groups is 1. The van der Waals surface area contributed by atoms with E-state index in [-0.39, 0.29) is 6.10 Å². The Labute approximate surface area is 118 Å². The normalized spacial score (nSPS) is 12.2. The minimum Gasteiger partial charge on any atom is -0.491 e. The predicted molar refractivity (Wildman–Crippen MR) is 74.9 cm³/mol. The van der Waals surface area contributed by atoms with E-state index in [0.717, 1.165) is 0 Å². The highest BCUT2D eigenvalue weighted by atomic mass is 16.5. The fraction of sp³-hybridized carbons (Fsp3) is 0.333. The van der Waals surface area contributed by atoms with E-state index >= 15 is 0 Å². The van der Waals surface area contributed by atoms with E-state index in [1.165, 1.54) is 7.11 Å². The summed E-state index contributed by atoms with van der Waals surface area (Å²) in [5, 5.41) is 18.3. The highest BCUT2D eigenvalue weighted by Gasteiger charge is 2.17. The van der Waals surface area contributed by atoms with Crippen molar-refractivity contribution in [3.8, 4) is 11.6 Å². The van der Waals surface area contributed by atoms with Gasteiger partial charge in [0.2, 0.25) is 5.88 Å². The summed E-state index contributed by atoms with van der Waals surface area (Å²) in [6.45, 7) is 3.88. The van der Waals surface area contributed by atoms with E-state index in [1.807, 2.05) is 38.1 Å². The Bertz CT molecular complexity index is 555. The molecule has 0 spiro atoms. The summed E-state index contributed by atoms with van der Waals surface area (Å²) in [6.07, 6.45) is -0.853. The first kappa shape index (κ1) is 14.3. The quantitative estimate of drug-likeness (QED) is 0.906. The molecule has 0 aliphatic heterocycles. The van der Waals surface area contributed by atoms with E-state index in [2.05, 4.69) is 10.2 Å². The number of para-hydroxylation sites is 1. The predicted octanol–water partition coefficient (Wildman–Crippen LogP) is 2.35. The van der Waals surface area contributed by atoms with Crippen molar-refractivity contribution < 1.29 is 14.6 Å². The third kappa shape index (κ3) is 3.24. The van der Waals surface area contributed by atoms with Crippen LogP contribution in [0.1, 0.15) is 31.2 Å². The van der Waals surface area contributed by atoms with Gasteiger partial charge in [-0.15, -0.1) is 10.2 Å². The number of aliphatic hydroxyl groups excluding tert-OH is 1. The van der Waals surface area contributed by atoms with Crippen LogP contribution in [0, 0.1) is 0 Å². The first-order valence-electron chi connectivity index (χ1n) is 6.43. The standard InChI is InChI=1S/C15H18N2O3/c1-10(2)20-13-7-5-4-6-11(13)15(18)12-8-9-14(19-3)17-16-12/h4-10,15,18H,1-3H3. The second kappa shape index (κ2) is 6.34. The van der Waals surface area contributed by atoms with Gasteiger partial charge in [-0.2, -0.15) is 0 Å². The third-order valence-electron chi connectivity index (χ3n) is 2.73. The van der Waals surface area contributed by atoms with Gasteiger partial charge in [0.1, 0.15) is 11.9 Å². The minimum absolute atomic E-state index is 0.0327. The Kier molecular flexibility index (Phi) is 4.53. The molecule has 1 heterocycles. The van der Waals surface area contributed by atoms with Crippen molar-refractivity contribution >= 4 is 0 Å². The molecule has 5 heteroatoms. The second-order valence-electron chi connectivity index (χ2n) is 4.61. The number of aromatic nitrogens is 2. The summed E-state index contributed by atoms with van der Waals surface area (Å²) in [7, 11) is 1.52. The number of benzene rings is 1. The molecule has 0 saturated carbocycles. The van der Waals surface area contributed by atoms with Crippen LogP contribution in [0.2, 0.25) is 0 Å². The Morgan fingerprint density at radius 3 is 2.40 bits per heavy atom. The Hall–Kier alpha value is -2.14. The van der Waals surface area contributed by atoms with Crippen LogP contribution in [0.3, 0.4) is 0 Å². The molecule has 5 nitrogen and oxygen atoms in total. The maximum atomic E-state index is 10.4. The van der Waals surface area contributed by atoms with Gasteiger partial charge in [0, 0.05) is 11.6 Å². The van der Waals surface area contributed by atoms with Gasteiger partial charge in [-0.05, 0) is 26.0 Å². The lowest BCUT2D eigenvalue weighted by molar-refractivity contribution is 0.193. The fourth-order valence-corrected chi connectivity index (χ4v) is 1.81. The average molecular weight is 274 g/mol. The van der Waals surface area contributed by atoms with Crippen molar-refractivity contribution in [2.75, 3.05) is 7.11 Å². The van der Waals surface area contributed by atoms with Gasteiger partial charge in [0.25, 0.3) is 0 Å². The summed E-state index contributed by atoms with van der Waals surface area (Å²) in [5.41, 5.74) is 1.12. The van der Waals surface area contributed by atoms with Crippen molar-refractivity contribution in [3.05, 3.63) is 47.7 Å². The molecule has 1 aromatic heterocycles. The first-order valence-corrected chi connectivity index (χ1v) is 6.43. The van der Waals surface area contributed by atoms with Crippen molar-refractivity contribution in [2.45, 2.75) is 26.1 Å². The van der Waals surface area contributed by atoms with Crippen LogP contribution in [0.15, 0.2) is 36.4 Å². The molecule has 0 amide bonds. The molecule has 0 radical (unpaired) electrons. The van der Waals surface area contributed by atoms with E-state index < -0.39 is 6.10 Å². The lowest BCUT2D eigenvalue weighted by Crippen LogP contribution is -2.11. The number of nitrogens with zero attached hydrogens (tertiary/aromatic N) is 2. The Morgan fingerprint density at radius 2 is 1.80 bits per heavy atom. The molecule has 20 heavy (non-hydrogen) atoms. The molecule has 106 valence electrons. The molecule has 1 N–H and O–H groups in total. The zero-order chi connectivity index (χ0) is 14.5. The molecule has 1 aromatic carbocycles. The summed E-state index contributed by atoms with van der Waals surface area (Å²) in [6, 6.07) is 10.7. The van der Waals surface area contributed by atoms with Crippen LogP contribution in [0.25, 0.3) is 0 Å². The minimum atomic E-state index is -0.886. The number of methoxy groups -OCH3 is 1. The number of rotatable bonds is 5. The smallest absolute Gasteiger partial charge is 0.233 e. The third-order valence-corrected chi connectivity index (χ3v) is 2.73. The van der Waals surface area contributed by atoms with Crippen LogP contribution in [-0.2, 0) is 0 Å². The van der Waals surface area contributed by atoms with E-state index in [1.54, 1.807) is 12.1 Å². The molecule has 2 rings (SSSR count). The lowest BCUT2D eigenvalue weighted by Gasteiger charge is -2.17. The molecule has 0 aliphatic rings. The van der Waals surface area contributed by atoms with Crippen molar-refractivity contribution in [3.63, 3.8) is 0 Å². The maximum Gasteiger partial charge on any atom is 0.233 e. The molecule has 0 aliphatic carbocycles. The lowest BCUT2D eigenvalue weighted by atomic mass is 10.1. The van der Waals surface area contributed by atoms with Crippen molar-refractivity contribution in [1.29, 1.82) is 0 Å². The summed E-state index contributed by atoms with van der Waals surface area (Å²) in [4.78, 5) is 0. The maximum absolute atomic E-state index is 10.4. The van der Waals surface area contributed by atoms with E-state index in [4.69, 9.17) is 9.47 Å². The molecular formula is C15H18N2O3. The topological polar surface area (TPSA) is 64.5 Å². The average Bonchev–Trinajstić information content (AvgIpc) is 2.46. The number of ether oxygens (including phenoxy) is 2. The van der Waals surface area contributed by atoms with Gasteiger partial charge in [-0.25, -0.2) is 0 Å². The van der Waals surface area contributed by atoms with Crippen molar-refractivity contribution in [1.82, 2.24) is 10.2 Å². The molecule has 0 fully saturated rings. The molecular weight excluding hydrogens is 256 g/mol. The largest absolute Gasteiger partial charge is 0.491 e. The zero-order valence-electron chi connectivity index (χ0n) is 11.8. The van der Waals surface area contributed by atoms with Crippen molar-refractivity contribution in [2.24, 2.45) is 0 Å². The monoisotopic (exact) mass is 274 g/mol. The summed E-state index contributed by atoms with van der Waals surface area (Å²) >= 11 is 0. The highest BCUT2D eigenvalue weighted by molar-refractivity contribution is 5.38. The van der Waals surface area contributed by atoms with Crippen LogP contribution >= 0.6 is 0 Å². The Morgan fingerprint density at radius 1 is 1.05 bits per heavy atom. The SMILES string of the molecule is COc1ccc(C(O)c2ccccc2OC(C)C)nn1. The molecule has 2 aromatic rings. The zero-order valence-corrected chi connectivity index (χ0v) is 11.8. The van der Waals surface area contributed by atoms with Gasteiger partial charge in [-0.1, -0.05) is 18.2 Å². The summed E-state index contributed by atoms with van der Waals surface area (Å²) < 4.78 is 10.7. The Balaban J connectivity index is 2.29. The van der Waals surface area contributed by atoms with E-state index in [9.17, 15) is 5.11 Å².